The van der Waals surface area contributed by atoms with Crippen molar-refractivity contribution in [3.63, 3.8) is 0 Å². The number of amides is 1. The maximum atomic E-state index is 12.0. The lowest BCUT2D eigenvalue weighted by Crippen LogP contribution is -2.32. The summed E-state index contributed by atoms with van der Waals surface area (Å²) in [6.07, 6.45) is 3.03. The normalized spacial score (nSPS) is 16.9. The molecule has 1 aromatic heterocycles. The molecule has 1 aliphatic heterocycles. The first-order valence-electron chi connectivity index (χ1n) is 8.73. The van der Waals surface area contributed by atoms with Gasteiger partial charge in [-0.25, -0.2) is 0 Å². The summed E-state index contributed by atoms with van der Waals surface area (Å²) < 4.78 is 7.59. The third-order valence-electron chi connectivity index (χ3n) is 4.20. The van der Waals surface area contributed by atoms with E-state index in [0.717, 1.165) is 43.4 Å². The number of aromatic nitrogens is 3. The van der Waals surface area contributed by atoms with Crippen molar-refractivity contribution < 1.29 is 9.53 Å². The van der Waals surface area contributed by atoms with E-state index in [4.69, 9.17) is 4.74 Å². The second-order valence-electron chi connectivity index (χ2n) is 6.03. The highest BCUT2D eigenvalue weighted by molar-refractivity contribution is 7.99. The summed E-state index contributed by atoms with van der Waals surface area (Å²) in [6.45, 7) is 4.26. The Morgan fingerprint density at radius 3 is 2.92 bits per heavy atom. The predicted molar refractivity (Wildman–Crippen MR) is 97.7 cm³/mol. The van der Waals surface area contributed by atoms with Gasteiger partial charge < -0.3 is 14.6 Å². The summed E-state index contributed by atoms with van der Waals surface area (Å²) in [6, 6.07) is 10.2. The van der Waals surface area contributed by atoms with Crippen molar-refractivity contribution in [2.75, 3.05) is 18.9 Å². The fourth-order valence-corrected chi connectivity index (χ4v) is 3.72. The van der Waals surface area contributed by atoms with E-state index in [-0.39, 0.29) is 12.0 Å². The Bertz CT molecular complexity index is 684. The van der Waals surface area contributed by atoms with Crippen LogP contribution >= 0.6 is 11.8 Å². The number of rotatable bonds is 8. The average Bonchev–Trinajstić information content (AvgIpc) is 3.28. The topological polar surface area (TPSA) is 69.0 Å². The van der Waals surface area contributed by atoms with Gasteiger partial charge in [0.05, 0.1) is 11.9 Å². The van der Waals surface area contributed by atoms with Crippen LogP contribution < -0.4 is 5.32 Å². The minimum atomic E-state index is 0.00997. The molecule has 1 amide bonds. The van der Waals surface area contributed by atoms with Crippen LogP contribution in [0.1, 0.15) is 31.2 Å². The van der Waals surface area contributed by atoms with E-state index in [1.54, 1.807) is 0 Å². The molecule has 1 saturated heterocycles. The van der Waals surface area contributed by atoms with Crippen LogP contribution in [0.5, 0.6) is 0 Å². The van der Waals surface area contributed by atoms with Gasteiger partial charge in [-0.15, -0.1) is 10.2 Å². The van der Waals surface area contributed by atoms with E-state index in [2.05, 4.69) is 39.1 Å². The molecule has 0 unspecified atom stereocenters. The van der Waals surface area contributed by atoms with E-state index < -0.39 is 0 Å². The molecule has 1 N–H and O–H groups in total. The van der Waals surface area contributed by atoms with Gasteiger partial charge in [-0.05, 0) is 25.3 Å². The van der Waals surface area contributed by atoms with Crippen LogP contribution in [0.25, 0.3) is 0 Å². The van der Waals surface area contributed by atoms with Crippen LogP contribution in [0.15, 0.2) is 35.5 Å². The lowest BCUT2D eigenvalue weighted by molar-refractivity contribution is -0.119. The largest absolute Gasteiger partial charge is 0.376 e. The van der Waals surface area contributed by atoms with Gasteiger partial charge in [0.25, 0.3) is 0 Å². The summed E-state index contributed by atoms with van der Waals surface area (Å²) >= 11 is 1.43. The van der Waals surface area contributed by atoms with Gasteiger partial charge in [-0.2, -0.15) is 0 Å². The van der Waals surface area contributed by atoms with Crippen LogP contribution in [0, 0.1) is 0 Å². The van der Waals surface area contributed by atoms with Crippen LogP contribution in [-0.4, -0.2) is 45.7 Å². The molecule has 2 heterocycles. The molecule has 6 nitrogen and oxygen atoms in total. The third-order valence-corrected chi connectivity index (χ3v) is 5.16. The van der Waals surface area contributed by atoms with Gasteiger partial charge in [0.15, 0.2) is 5.16 Å². The number of nitrogens with zero attached hydrogens (tertiary/aromatic N) is 3. The predicted octanol–water partition coefficient (Wildman–Crippen LogP) is 2.28. The highest BCUT2D eigenvalue weighted by Crippen LogP contribution is 2.19. The Kier molecular flexibility index (Phi) is 6.47. The van der Waals surface area contributed by atoms with Gasteiger partial charge in [-0.3, -0.25) is 4.79 Å². The van der Waals surface area contributed by atoms with Crippen LogP contribution in [0.4, 0.5) is 0 Å². The summed E-state index contributed by atoms with van der Waals surface area (Å²) in [7, 11) is 0. The Labute approximate surface area is 152 Å². The van der Waals surface area contributed by atoms with Crippen LogP contribution in [0.2, 0.25) is 0 Å². The molecule has 7 heteroatoms. The maximum absolute atomic E-state index is 12.0. The first kappa shape index (κ1) is 17.9. The summed E-state index contributed by atoms with van der Waals surface area (Å²) in [5.74, 6) is 1.28. The fourth-order valence-electron chi connectivity index (χ4n) is 2.87. The van der Waals surface area contributed by atoms with Gasteiger partial charge in [-0.1, -0.05) is 42.1 Å². The van der Waals surface area contributed by atoms with Gasteiger partial charge >= 0.3 is 0 Å². The number of carbonyl (C=O) groups excluding carboxylic acids is 1. The lowest BCUT2D eigenvalue weighted by Gasteiger charge is -2.11. The molecule has 3 rings (SSSR count). The molecule has 1 atom stereocenters. The number of hydrogen-bond acceptors (Lipinski definition) is 5. The van der Waals surface area contributed by atoms with Crippen molar-refractivity contribution in [3.8, 4) is 0 Å². The molecule has 0 saturated carbocycles. The van der Waals surface area contributed by atoms with Crippen molar-refractivity contribution >= 4 is 17.7 Å². The third kappa shape index (κ3) is 5.06. The number of benzene rings is 1. The molecular formula is C18H24N4O2S. The molecule has 0 bridgehead atoms. The second kappa shape index (κ2) is 9.01. The lowest BCUT2D eigenvalue weighted by atomic mass is 10.1. The number of ether oxygens (including phenoxy) is 1. The summed E-state index contributed by atoms with van der Waals surface area (Å²) in [5.41, 5.74) is 1.20. The molecule has 1 fully saturated rings. The van der Waals surface area contributed by atoms with Gasteiger partial charge in [0.2, 0.25) is 5.91 Å². The zero-order chi connectivity index (χ0) is 17.5. The standard InChI is InChI=1S/C18H24N4O2S/c1-2-22-16(11-14-7-4-3-5-8-14)20-21-18(22)25-13-17(23)19-12-15-9-6-10-24-15/h3-5,7-8,15H,2,6,9-13H2,1H3,(H,19,23)/t15-/m1/s1. The highest BCUT2D eigenvalue weighted by atomic mass is 32.2. The smallest absolute Gasteiger partial charge is 0.230 e. The van der Waals surface area contributed by atoms with Crippen LogP contribution in [-0.2, 0) is 22.5 Å². The number of thioether (sulfide) groups is 1. The van der Waals surface area contributed by atoms with Crippen molar-refractivity contribution in [2.24, 2.45) is 0 Å². The molecule has 0 radical (unpaired) electrons. The second-order valence-corrected chi connectivity index (χ2v) is 6.98. The Morgan fingerprint density at radius 1 is 1.36 bits per heavy atom. The first-order chi connectivity index (χ1) is 12.3. The highest BCUT2D eigenvalue weighted by Gasteiger charge is 2.17. The zero-order valence-corrected chi connectivity index (χ0v) is 15.3. The van der Waals surface area contributed by atoms with E-state index in [9.17, 15) is 4.79 Å². The number of carbonyl (C=O) groups is 1. The van der Waals surface area contributed by atoms with Crippen molar-refractivity contribution in [2.45, 2.75) is 44.0 Å². The first-order valence-corrected chi connectivity index (χ1v) is 9.72. The quantitative estimate of drug-likeness (QED) is 0.732. The van der Waals surface area contributed by atoms with E-state index in [0.29, 0.717) is 12.3 Å². The molecular weight excluding hydrogens is 336 g/mol. The van der Waals surface area contributed by atoms with Crippen molar-refractivity contribution in [1.82, 2.24) is 20.1 Å². The molecule has 1 aliphatic rings. The number of hydrogen-bond donors (Lipinski definition) is 1. The van der Waals surface area contributed by atoms with Crippen molar-refractivity contribution in [1.29, 1.82) is 0 Å². The SMILES string of the molecule is CCn1c(Cc2ccccc2)nnc1SCC(=O)NC[C@H]1CCCO1. The van der Waals surface area contributed by atoms with Gasteiger partial charge in [0, 0.05) is 26.1 Å². The van der Waals surface area contributed by atoms with Gasteiger partial charge in [0.1, 0.15) is 5.82 Å². The maximum Gasteiger partial charge on any atom is 0.230 e. The van der Waals surface area contributed by atoms with E-state index in [1.807, 2.05) is 18.2 Å². The van der Waals surface area contributed by atoms with Crippen LogP contribution in [0.3, 0.4) is 0 Å². The molecule has 25 heavy (non-hydrogen) atoms. The molecule has 134 valence electrons. The molecule has 2 aromatic rings. The molecule has 1 aromatic carbocycles. The fraction of sp³-hybridized carbons (Fsp3) is 0.500. The summed E-state index contributed by atoms with van der Waals surface area (Å²) in [4.78, 5) is 12.0. The monoisotopic (exact) mass is 360 g/mol. The average molecular weight is 360 g/mol. The Morgan fingerprint density at radius 2 is 2.20 bits per heavy atom. The minimum Gasteiger partial charge on any atom is -0.376 e. The zero-order valence-electron chi connectivity index (χ0n) is 14.5. The van der Waals surface area contributed by atoms with E-state index >= 15 is 0 Å². The molecule has 0 aliphatic carbocycles. The Balaban J connectivity index is 1.52. The molecule has 0 spiro atoms. The Hall–Kier alpha value is -1.86. The minimum absolute atomic E-state index is 0.00997. The summed E-state index contributed by atoms with van der Waals surface area (Å²) in [5, 5.41) is 12.3. The van der Waals surface area contributed by atoms with E-state index in [1.165, 1.54) is 17.3 Å². The number of nitrogens with one attached hydrogen (secondary N) is 1. The van der Waals surface area contributed by atoms with Crippen molar-refractivity contribution in [3.05, 3.63) is 41.7 Å².